The second-order valence-corrected chi connectivity index (χ2v) is 10.6. The number of rotatable bonds is 14. The number of aliphatic hydroxyl groups excluding tert-OH is 3. The summed E-state index contributed by atoms with van der Waals surface area (Å²) in [7, 11) is 1.14. The van der Waals surface area contributed by atoms with Crippen LogP contribution in [0.2, 0.25) is 0 Å². The number of carbonyl (C=O) groups is 5. The maximum atomic E-state index is 13.3. The number of nitrogens with one attached hydrogen (secondary N) is 1. The molecular formula is C31H43NO11. The second kappa shape index (κ2) is 16.0. The zero-order valence-corrected chi connectivity index (χ0v) is 24.2. The Bertz CT molecular complexity index is 1350. The Kier molecular flexibility index (Phi) is 13.1. The maximum absolute atomic E-state index is 13.3. The number of Topliss-reactive ketones (excluding diaryl/α,β-unsaturated/α-hetero) is 3. The number of ketones is 3. The molecular weight excluding hydrogens is 562 g/mol. The van der Waals surface area contributed by atoms with Crippen molar-refractivity contribution in [3.8, 4) is 16.9 Å². The van der Waals surface area contributed by atoms with Crippen LogP contribution in [-0.4, -0.2) is 88.1 Å². The molecule has 0 spiro atoms. The highest BCUT2D eigenvalue weighted by Crippen LogP contribution is 2.41. The summed E-state index contributed by atoms with van der Waals surface area (Å²) in [6, 6.07) is 8.26. The number of aromatic hydroxyl groups is 1. The summed E-state index contributed by atoms with van der Waals surface area (Å²) in [5, 5.41) is 42.1. The molecule has 0 radical (unpaired) electrons. The minimum Gasteiger partial charge on any atom is -0.507 e. The number of aliphatic hydroxyl groups is 3. The molecule has 12 nitrogen and oxygen atoms in total. The van der Waals surface area contributed by atoms with Crippen molar-refractivity contribution in [2.75, 3.05) is 26.9 Å². The third kappa shape index (κ3) is 8.54. The fourth-order valence-electron chi connectivity index (χ4n) is 5.68. The number of hydrogen-bond acceptors (Lipinski definition) is 10. The van der Waals surface area contributed by atoms with E-state index in [0.29, 0.717) is 29.5 Å². The minimum absolute atomic E-state index is 0. The first kappa shape index (κ1) is 35.2. The Morgan fingerprint density at radius 1 is 1.07 bits per heavy atom. The zero-order chi connectivity index (χ0) is 31.0. The van der Waals surface area contributed by atoms with Gasteiger partial charge in [0.05, 0.1) is 32.3 Å². The Morgan fingerprint density at radius 3 is 2.40 bits per heavy atom. The quantitative estimate of drug-likeness (QED) is 0.153. The third-order valence-electron chi connectivity index (χ3n) is 7.68. The lowest BCUT2D eigenvalue weighted by molar-refractivity contribution is -0.144. The predicted molar refractivity (Wildman–Crippen MR) is 159 cm³/mol. The van der Waals surface area contributed by atoms with E-state index in [-0.39, 0.29) is 68.6 Å². The first-order valence-electron chi connectivity index (χ1n) is 13.8. The number of fused-ring (bicyclic) bond motifs is 1. The van der Waals surface area contributed by atoms with Gasteiger partial charge >= 0.3 is 5.97 Å². The van der Waals surface area contributed by atoms with Crippen LogP contribution >= 0.6 is 0 Å². The molecule has 2 aromatic carbocycles. The number of carbonyl (C=O) groups excluding carboxylic acids is 5. The Labute approximate surface area is 252 Å². The van der Waals surface area contributed by atoms with Gasteiger partial charge in [0.15, 0.2) is 11.8 Å². The van der Waals surface area contributed by atoms with Gasteiger partial charge in [-0.25, -0.2) is 4.79 Å². The van der Waals surface area contributed by atoms with Crippen molar-refractivity contribution in [1.82, 2.24) is 5.32 Å². The van der Waals surface area contributed by atoms with Gasteiger partial charge in [-0.05, 0) is 72.9 Å². The van der Waals surface area contributed by atoms with E-state index in [1.807, 2.05) is 0 Å². The summed E-state index contributed by atoms with van der Waals surface area (Å²) < 4.78 is 4.59. The number of phenols is 1. The first-order chi connectivity index (χ1) is 20.0. The van der Waals surface area contributed by atoms with Crippen LogP contribution in [0.15, 0.2) is 36.4 Å². The lowest BCUT2D eigenvalue weighted by atomic mass is 9.72. The Morgan fingerprint density at radius 2 is 1.79 bits per heavy atom. The fourth-order valence-corrected chi connectivity index (χ4v) is 5.68. The van der Waals surface area contributed by atoms with Crippen molar-refractivity contribution in [2.45, 2.75) is 45.1 Å². The van der Waals surface area contributed by atoms with Gasteiger partial charge in [0.25, 0.3) is 5.91 Å². The summed E-state index contributed by atoms with van der Waals surface area (Å²) in [4.78, 5) is 62.1. The van der Waals surface area contributed by atoms with Crippen LogP contribution < -0.4 is 5.32 Å². The van der Waals surface area contributed by atoms with E-state index in [1.165, 1.54) is 19.1 Å². The molecule has 12 heteroatoms. The van der Waals surface area contributed by atoms with Gasteiger partial charge in [-0.1, -0.05) is 18.2 Å². The summed E-state index contributed by atoms with van der Waals surface area (Å²) in [6.45, 7) is -0.0789. The van der Waals surface area contributed by atoms with E-state index in [1.54, 1.807) is 24.3 Å². The molecule has 0 heterocycles. The monoisotopic (exact) mass is 605 g/mol. The van der Waals surface area contributed by atoms with Crippen LogP contribution in [0.4, 0.5) is 0 Å². The smallest absolute Gasteiger partial charge is 0.330 e. The van der Waals surface area contributed by atoms with Gasteiger partial charge in [-0.3, -0.25) is 19.2 Å². The number of amides is 1. The van der Waals surface area contributed by atoms with E-state index in [0.717, 1.165) is 7.11 Å². The highest BCUT2D eigenvalue weighted by molar-refractivity contribution is 6.03. The van der Waals surface area contributed by atoms with Crippen LogP contribution in [0, 0.1) is 17.8 Å². The zero-order valence-electron chi connectivity index (χ0n) is 24.2. The van der Waals surface area contributed by atoms with Crippen LogP contribution in [0.3, 0.4) is 0 Å². The van der Waals surface area contributed by atoms with Gasteiger partial charge in [0, 0.05) is 27.4 Å². The molecule has 0 aliphatic heterocycles. The Balaban J connectivity index is 0.00000645. The molecule has 2 aromatic rings. The van der Waals surface area contributed by atoms with Crippen molar-refractivity contribution in [3.63, 3.8) is 0 Å². The van der Waals surface area contributed by atoms with Gasteiger partial charge in [0.2, 0.25) is 0 Å². The lowest BCUT2D eigenvalue weighted by Gasteiger charge is -2.31. The number of methoxy groups -OCH3 is 1. The van der Waals surface area contributed by atoms with E-state index in [2.05, 4.69) is 10.1 Å². The highest BCUT2D eigenvalue weighted by atomic mass is 16.5. The number of ether oxygens (including phenoxy) is 1. The van der Waals surface area contributed by atoms with E-state index in [9.17, 15) is 44.4 Å². The van der Waals surface area contributed by atoms with Crippen LogP contribution in [-0.2, 0) is 25.5 Å². The van der Waals surface area contributed by atoms with Crippen LogP contribution in [0.5, 0.6) is 5.75 Å². The standard InChI is InChI=1S/C31H37NO10.H2O.2H2/c1-17(36)10-27(38)24(15-34)20(8-9-33)11-18-12-23-22(6-7-26(37)29(23)28(39)13-18)19-4-3-5-21(14-19)30(40)32-25(16-35)31(41)42-2;;;/h3-7,14,18,20,24-25,33-35,37H,8-13,15-16H2,1-2H3,(H,32,40);1H2;2*1H. The average Bonchev–Trinajstić information content (AvgIpc) is 2.95. The molecule has 7 N–H and O–H groups in total. The van der Waals surface area contributed by atoms with Gasteiger partial charge in [-0.2, -0.15) is 0 Å². The van der Waals surface area contributed by atoms with Crippen molar-refractivity contribution >= 4 is 29.2 Å². The molecule has 43 heavy (non-hydrogen) atoms. The first-order valence-corrected chi connectivity index (χ1v) is 13.8. The average molecular weight is 606 g/mol. The Hall–Kier alpha value is -3.97. The molecule has 1 aliphatic rings. The number of esters is 1. The normalized spacial score (nSPS) is 16.2. The molecule has 0 saturated carbocycles. The SMILES string of the molecule is COC(=O)C(CO)NC(=O)c1cccc(-c2ccc(O)c3c2CC(CC(CCO)C(CO)C(=O)CC(C)=O)CC3=O)c1.O.[HH].[HH]. The molecule has 1 aliphatic carbocycles. The summed E-state index contributed by atoms with van der Waals surface area (Å²) in [5.41, 5.74) is 2.10. The summed E-state index contributed by atoms with van der Waals surface area (Å²) >= 11 is 0. The van der Waals surface area contributed by atoms with E-state index in [4.69, 9.17) is 0 Å². The second-order valence-electron chi connectivity index (χ2n) is 10.6. The number of hydrogen-bond donors (Lipinski definition) is 5. The van der Waals surface area contributed by atoms with Crippen LogP contribution in [0.25, 0.3) is 11.1 Å². The topological polar surface area (TPSA) is 219 Å². The third-order valence-corrected chi connectivity index (χ3v) is 7.68. The van der Waals surface area contributed by atoms with E-state index >= 15 is 0 Å². The maximum Gasteiger partial charge on any atom is 0.330 e. The number of benzene rings is 2. The fraction of sp³-hybridized carbons (Fsp3) is 0.452. The van der Waals surface area contributed by atoms with E-state index < -0.39 is 48.8 Å². The molecule has 238 valence electrons. The molecule has 1 amide bonds. The van der Waals surface area contributed by atoms with Gasteiger partial charge in [-0.15, -0.1) is 0 Å². The molecule has 0 fully saturated rings. The minimum atomic E-state index is -1.25. The predicted octanol–water partition coefficient (Wildman–Crippen LogP) is 1.28. The highest BCUT2D eigenvalue weighted by Gasteiger charge is 2.35. The lowest BCUT2D eigenvalue weighted by Crippen LogP contribution is -2.44. The van der Waals surface area contributed by atoms with Gasteiger partial charge < -0.3 is 36.0 Å². The molecule has 0 bridgehead atoms. The van der Waals surface area contributed by atoms with Crippen molar-refractivity contribution in [2.24, 2.45) is 17.8 Å². The van der Waals surface area contributed by atoms with Crippen molar-refractivity contribution in [3.05, 3.63) is 53.1 Å². The van der Waals surface area contributed by atoms with Crippen molar-refractivity contribution in [1.29, 1.82) is 0 Å². The molecule has 4 atom stereocenters. The largest absolute Gasteiger partial charge is 0.507 e. The molecule has 0 aromatic heterocycles. The van der Waals surface area contributed by atoms with Crippen LogP contribution in [0.1, 0.15) is 61.7 Å². The molecule has 3 rings (SSSR count). The van der Waals surface area contributed by atoms with Gasteiger partial charge in [0.1, 0.15) is 17.3 Å². The van der Waals surface area contributed by atoms with Crippen molar-refractivity contribution < 1.29 is 57.5 Å². The molecule has 4 unspecified atom stereocenters. The molecule has 0 saturated heterocycles. The summed E-state index contributed by atoms with van der Waals surface area (Å²) in [6.07, 6.45) is 0.645. The number of phenolic OH excluding ortho intramolecular Hbond substituents is 1. The summed E-state index contributed by atoms with van der Waals surface area (Å²) in [5.74, 6) is -4.23.